The van der Waals surface area contributed by atoms with Crippen LogP contribution in [-0.4, -0.2) is 17.7 Å². The molecule has 0 radical (unpaired) electrons. The first-order chi connectivity index (χ1) is 11.6. The molecule has 2 aromatic carbocycles. The van der Waals surface area contributed by atoms with Crippen LogP contribution in [0, 0.1) is 0 Å². The van der Waals surface area contributed by atoms with E-state index in [1.165, 1.54) is 0 Å². The summed E-state index contributed by atoms with van der Waals surface area (Å²) >= 11 is 3.44. The highest BCUT2D eigenvalue weighted by Crippen LogP contribution is 2.28. The van der Waals surface area contributed by atoms with Crippen molar-refractivity contribution in [1.29, 1.82) is 0 Å². The summed E-state index contributed by atoms with van der Waals surface area (Å²) in [4.78, 5) is 11.7. The fourth-order valence-corrected chi connectivity index (χ4v) is 2.72. The second kappa shape index (κ2) is 9.28. The predicted molar refractivity (Wildman–Crippen MR) is 101 cm³/mol. The highest BCUT2D eigenvalue weighted by molar-refractivity contribution is 9.10. The minimum absolute atomic E-state index is 0.243. The second-order valence-corrected chi connectivity index (χ2v) is 6.38. The Kier molecular flexibility index (Phi) is 7.07. The first kappa shape index (κ1) is 18.3. The standard InChI is InChI=1S/C20H21BrO3/c1-2-3-7-12-24-19-11-10-17(21)13-16(19)14-18(20(22)23)15-8-5-4-6-9-15/h4-6,8-11,13-14H,2-3,7,12H2,1H3,(H,22,23)/b18-14-. The van der Waals surface area contributed by atoms with Crippen LogP contribution in [0.5, 0.6) is 5.75 Å². The number of aliphatic carboxylic acids is 1. The molecule has 4 heteroatoms. The Morgan fingerprint density at radius 3 is 2.58 bits per heavy atom. The number of hydrogen-bond donors (Lipinski definition) is 1. The van der Waals surface area contributed by atoms with Crippen molar-refractivity contribution in [3.63, 3.8) is 0 Å². The Labute approximate surface area is 151 Å². The Balaban J connectivity index is 2.34. The fourth-order valence-electron chi connectivity index (χ4n) is 2.34. The van der Waals surface area contributed by atoms with Gasteiger partial charge in [0.2, 0.25) is 0 Å². The number of ether oxygens (including phenoxy) is 1. The molecule has 0 atom stereocenters. The lowest BCUT2D eigenvalue weighted by molar-refractivity contribution is -0.130. The molecule has 0 amide bonds. The van der Waals surface area contributed by atoms with Crippen molar-refractivity contribution in [2.24, 2.45) is 0 Å². The van der Waals surface area contributed by atoms with Gasteiger partial charge in [-0.15, -0.1) is 0 Å². The predicted octanol–water partition coefficient (Wildman–Crippen LogP) is 5.64. The van der Waals surface area contributed by atoms with Gasteiger partial charge in [0, 0.05) is 10.0 Å². The van der Waals surface area contributed by atoms with E-state index in [0.717, 1.165) is 29.3 Å². The van der Waals surface area contributed by atoms with Crippen molar-refractivity contribution in [2.75, 3.05) is 6.61 Å². The maximum Gasteiger partial charge on any atom is 0.336 e. The lowest BCUT2D eigenvalue weighted by Gasteiger charge is -2.11. The molecule has 3 nitrogen and oxygen atoms in total. The summed E-state index contributed by atoms with van der Waals surface area (Å²) in [7, 11) is 0. The van der Waals surface area contributed by atoms with Crippen molar-refractivity contribution in [1.82, 2.24) is 0 Å². The Morgan fingerprint density at radius 1 is 1.17 bits per heavy atom. The van der Waals surface area contributed by atoms with Gasteiger partial charge in [-0.05, 0) is 36.3 Å². The molecule has 0 fully saturated rings. The molecule has 0 aliphatic heterocycles. The van der Waals surface area contributed by atoms with Crippen LogP contribution < -0.4 is 4.74 Å². The van der Waals surface area contributed by atoms with Crippen LogP contribution in [0.15, 0.2) is 53.0 Å². The maximum absolute atomic E-state index is 11.7. The summed E-state index contributed by atoms with van der Waals surface area (Å²) in [5, 5.41) is 9.57. The van der Waals surface area contributed by atoms with E-state index in [1.807, 2.05) is 36.4 Å². The molecule has 0 saturated carbocycles. The zero-order chi connectivity index (χ0) is 17.4. The quantitative estimate of drug-likeness (QED) is 0.361. The summed E-state index contributed by atoms with van der Waals surface area (Å²) in [5.41, 5.74) is 1.66. The first-order valence-electron chi connectivity index (χ1n) is 8.04. The van der Waals surface area contributed by atoms with Crippen LogP contribution >= 0.6 is 15.9 Å². The van der Waals surface area contributed by atoms with Crippen LogP contribution in [-0.2, 0) is 4.79 Å². The molecule has 0 aromatic heterocycles. The molecule has 1 N–H and O–H groups in total. The Morgan fingerprint density at radius 2 is 1.92 bits per heavy atom. The van der Waals surface area contributed by atoms with Crippen molar-refractivity contribution in [3.8, 4) is 5.75 Å². The normalized spacial score (nSPS) is 11.3. The van der Waals surface area contributed by atoms with Crippen molar-refractivity contribution in [3.05, 3.63) is 64.1 Å². The van der Waals surface area contributed by atoms with Crippen LogP contribution in [0.25, 0.3) is 11.6 Å². The van der Waals surface area contributed by atoms with E-state index in [9.17, 15) is 9.90 Å². The molecule has 0 aliphatic carbocycles. The molecule has 2 aromatic rings. The molecule has 0 unspecified atom stereocenters. The number of carbonyl (C=O) groups is 1. The van der Waals surface area contributed by atoms with Crippen LogP contribution in [0.1, 0.15) is 37.3 Å². The molecule has 0 saturated heterocycles. The van der Waals surface area contributed by atoms with Gasteiger partial charge in [0.1, 0.15) is 5.75 Å². The minimum atomic E-state index is -0.960. The molecule has 2 rings (SSSR count). The number of hydrogen-bond acceptors (Lipinski definition) is 2. The van der Waals surface area contributed by atoms with Crippen molar-refractivity contribution < 1.29 is 14.6 Å². The van der Waals surface area contributed by atoms with E-state index < -0.39 is 5.97 Å². The van der Waals surface area contributed by atoms with Gasteiger partial charge < -0.3 is 9.84 Å². The van der Waals surface area contributed by atoms with Gasteiger partial charge in [-0.2, -0.15) is 0 Å². The average Bonchev–Trinajstić information content (AvgIpc) is 2.58. The van der Waals surface area contributed by atoms with Gasteiger partial charge in [-0.3, -0.25) is 0 Å². The smallest absolute Gasteiger partial charge is 0.336 e. The Bertz CT molecular complexity index is 708. The second-order valence-electron chi connectivity index (χ2n) is 5.47. The molecule has 0 aliphatic rings. The van der Waals surface area contributed by atoms with Crippen molar-refractivity contribution in [2.45, 2.75) is 26.2 Å². The number of unbranched alkanes of at least 4 members (excludes halogenated alkanes) is 2. The molecule has 0 bridgehead atoms. The highest BCUT2D eigenvalue weighted by Gasteiger charge is 2.12. The van der Waals surface area contributed by atoms with Gasteiger partial charge in [-0.1, -0.05) is 66.0 Å². The fraction of sp³-hybridized carbons (Fsp3) is 0.250. The van der Waals surface area contributed by atoms with Gasteiger partial charge in [0.15, 0.2) is 0 Å². The number of halogens is 1. The number of rotatable bonds is 8. The van der Waals surface area contributed by atoms with E-state index in [1.54, 1.807) is 18.2 Å². The van der Waals surface area contributed by atoms with Gasteiger partial charge >= 0.3 is 5.97 Å². The van der Waals surface area contributed by atoms with Gasteiger partial charge in [0.05, 0.1) is 12.2 Å². The summed E-state index contributed by atoms with van der Waals surface area (Å²) in [5.74, 6) is -0.262. The largest absolute Gasteiger partial charge is 0.493 e. The lowest BCUT2D eigenvalue weighted by Crippen LogP contribution is -2.01. The lowest BCUT2D eigenvalue weighted by atomic mass is 10.0. The third kappa shape index (κ3) is 5.24. The van der Waals surface area contributed by atoms with E-state index in [-0.39, 0.29) is 5.57 Å². The first-order valence-corrected chi connectivity index (χ1v) is 8.84. The van der Waals surface area contributed by atoms with Gasteiger partial charge in [0.25, 0.3) is 0 Å². The summed E-state index contributed by atoms with van der Waals surface area (Å²) in [6.45, 7) is 2.77. The SMILES string of the molecule is CCCCCOc1ccc(Br)cc1/C=C(\C(=O)O)c1ccccc1. The van der Waals surface area contributed by atoms with Gasteiger partial charge in [-0.25, -0.2) is 4.79 Å². The summed E-state index contributed by atoms with van der Waals surface area (Å²) < 4.78 is 6.73. The maximum atomic E-state index is 11.7. The highest BCUT2D eigenvalue weighted by atomic mass is 79.9. The van der Waals surface area contributed by atoms with E-state index in [2.05, 4.69) is 22.9 Å². The average molecular weight is 389 g/mol. The number of benzene rings is 2. The van der Waals surface area contributed by atoms with E-state index in [4.69, 9.17) is 4.74 Å². The molecule has 0 heterocycles. The van der Waals surface area contributed by atoms with Crippen LogP contribution in [0.2, 0.25) is 0 Å². The third-order valence-corrected chi connectivity index (χ3v) is 4.09. The summed E-state index contributed by atoms with van der Waals surface area (Å²) in [6, 6.07) is 14.7. The molecule has 0 spiro atoms. The van der Waals surface area contributed by atoms with Crippen molar-refractivity contribution >= 4 is 33.5 Å². The Hall–Kier alpha value is -2.07. The number of carboxylic acid groups (broad SMARTS) is 1. The molecular formula is C20H21BrO3. The molecular weight excluding hydrogens is 368 g/mol. The zero-order valence-electron chi connectivity index (χ0n) is 13.7. The van der Waals surface area contributed by atoms with Crippen LogP contribution in [0.3, 0.4) is 0 Å². The minimum Gasteiger partial charge on any atom is -0.493 e. The topological polar surface area (TPSA) is 46.5 Å². The molecule has 126 valence electrons. The zero-order valence-corrected chi connectivity index (χ0v) is 15.3. The number of carboxylic acids is 1. The third-order valence-electron chi connectivity index (χ3n) is 3.59. The van der Waals surface area contributed by atoms with E-state index in [0.29, 0.717) is 17.9 Å². The van der Waals surface area contributed by atoms with E-state index >= 15 is 0 Å². The monoisotopic (exact) mass is 388 g/mol. The molecule has 24 heavy (non-hydrogen) atoms. The van der Waals surface area contributed by atoms with Crippen LogP contribution in [0.4, 0.5) is 0 Å². The summed E-state index contributed by atoms with van der Waals surface area (Å²) in [6.07, 6.45) is 4.90.